The maximum atomic E-state index is 12.9. The van der Waals surface area contributed by atoms with E-state index >= 15 is 0 Å². The number of likely N-dealkylation sites (N-methyl/N-ethyl adjacent to an activating group) is 1. The van der Waals surface area contributed by atoms with Crippen LogP contribution in [0.5, 0.6) is 0 Å². The predicted molar refractivity (Wildman–Crippen MR) is 108 cm³/mol. The van der Waals surface area contributed by atoms with Crippen molar-refractivity contribution in [2.24, 2.45) is 5.92 Å². The first kappa shape index (κ1) is 20.7. The predicted octanol–water partition coefficient (Wildman–Crippen LogP) is 1.89. The summed E-state index contributed by atoms with van der Waals surface area (Å²) in [6.45, 7) is 6.76. The zero-order valence-corrected chi connectivity index (χ0v) is 17.6. The molecule has 2 saturated heterocycles. The molecule has 1 aromatic heterocycles. The maximum absolute atomic E-state index is 12.9. The molecule has 0 N–H and O–H groups in total. The van der Waals surface area contributed by atoms with Gasteiger partial charge in [0.2, 0.25) is 5.91 Å². The summed E-state index contributed by atoms with van der Waals surface area (Å²) in [4.78, 5) is 39.6. The highest BCUT2D eigenvalue weighted by Crippen LogP contribution is 2.31. The average molecular weight is 388 g/mol. The SMILES string of the molecule is Cc1ncc(C(=O)N2CCC(C3CCCCN3CC(=O)N(C)C)CC2)c(C)n1. The van der Waals surface area contributed by atoms with E-state index in [0.717, 1.165) is 44.6 Å². The summed E-state index contributed by atoms with van der Waals surface area (Å²) >= 11 is 0. The van der Waals surface area contributed by atoms with Gasteiger partial charge < -0.3 is 9.80 Å². The average Bonchev–Trinajstić information content (AvgIpc) is 2.68. The van der Waals surface area contributed by atoms with Crippen LogP contribution in [-0.2, 0) is 4.79 Å². The van der Waals surface area contributed by atoms with Gasteiger partial charge >= 0.3 is 0 Å². The molecule has 7 nitrogen and oxygen atoms in total. The summed E-state index contributed by atoms with van der Waals surface area (Å²) < 4.78 is 0. The number of piperidine rings is 2. The van der Waals surface area contributed by atoms with E-state index < -0.39 is 0 Å². The van der Waals surface area contributed by atoms with Crippen LogP contribution in [0.4, 0.5) is 0 Å². The van der Waals surface area contributed by atoms with Crippen LogP contribution in [0, 0.1) is 19.8 Å². The lowest BCUT2D eigenvalue weighted by molar-refractivity contribution is -0.131. The first-order valence-electron chi connectivity index (χ1n) is 10.4. The molecule has 1 atom stereocenters. The molecule has 1 aromatic rings. The van der Waals surface area contributed by atoms with E-state index in [-0.39, 0.29) is 11.8 Å². The molecule has 0 aromatic carbocycles. The number of carbonyl (C=O) groups excluding carboxylic acids is 2. The fourth-order valence-electron chi connectivity index (χ4n) is 4.51. The number of hydrogen-bond donors (Lipinski definition) is 0. The Kier molecular flexibility index (Phi) is 6.65. The number of nitrogens with zero attached hydrogens (tertiary/aromatic N) is 5. The molecule has 3 rings (SSSR count). The highest BCUT2D eigenvalue weighted by atomic mass is 16.2. The molecule has 0 radical (unpaired) electrons. The topological polar surface area (TPSA) is 69.6 Å². The second-order valence-electron chi connectivity index (χ2n) is 8.37. The lowest BCUT2D eigenvalue weighted by Crippen LogP contribution is -2.51. The Hall–Kier alpha value is -2.02. The quantitative estimate of drug-likeness (QED) is 0.789. The van der Waals surface area contributed by atoms with E-state index in [1.165, 1.54) is 12.8 Å². The summed E-state index contributed by atoms with van der Waals surface area (Å²) in [5.41, 5.74) is 1.36. The van der Waals surface area contributed by atoms with E-state index in [0.29, 0.717) is 29.9 Å². The number of rotatable bonds is 4. The minimum Gasteiger partial charge on any atom is -0.348 e. The van der Waals surface area contributed by atoms with Gasteiger partial charge in [-0.25, -0.2) is 9.97 Å². The second-order valence-corrected chi connectivity index (χ2v) is 8.37. The number of aryl methyl sites for hydroxylation is 2. The first-order chi connectivity index (χ1) is 13.4. The van der Waals surface area contributed by atoms with Gasteiger partial charge in [-0.1, -0.05) is 6.42 Å². The molecular formula is C21H33N5O2. The van der Waals surface area contributed by atoms with E-state index in [9.17, 15) is 9.59 Å². The van der Waals surface area contributed by atoms with Gasteiger partial charge in [-0.15, -0.1) is 0 Å². The largest absolute Gasteiger partial charge is 0.348 e. The van der Waals surface area contributed by atoms with Gasteiger partial charge in [-0.2, -0.15) is 0 Å². The van der Waals surface area contributed by atoms with Crippen molar-refractivity contribution in [1.82, 2.24) is 24.7 Å². The van der Waals surface area contributed by atoms with Gasteiger partial charge in [0.15, 0.2) is 0 Å². The second kappa shape index (κ2) is 8.99. The molecule has 28 heavy (non-hydrogen) atoms. The van der Waals surface area contributed by atoms with E-state index in [2.05, 4.69) is 14.9 Å². The van der Waals surface area contributed by atoms with Crippen LogP contribution in [0.1, 0.15) is 54.0 Å². The van der Waals surface area contributed by atoms with Crippen LogP contribution in [0.2, 0.25) is 0 Å². The molecule has 154 valence electrons. The molecule has 2 aliphatic rings. The van der Waals surface area contributed by atoms with Gasteiger partial charge in [0.1, 0.15) is 5.82 Å². The van der Waals surface area contributed by atoms with Crippen molar-refractivity contribution in [3.8, 4) is 0 Å². The van der Waals surface area contributed by atoms with Crippen molar-refractivity contribution < 1.29 is 9.59 Å². The number of likely N-dealkylation sites (tertiary alicyclic amines) is 2. The molecule has 2 amide bonds. The maximum Gasteiger partial charge on any atom is 0.257 e. The molecule has 2 aliphatic heterocycles. The standard InChI is InChI=1S/C21H33N5O2/c1-15-18(13-22-16(2)23-15)21(28)25-11-8-17(9-12-25)19-7-5-6-10-26(19)14-20(27)24(3)4/h13,17,19H,5-12,14H2,1-4H3. The molecule has 0 aliphatic carbocycles. The Labute approximate surface area is 168 Å². The van der Waals surface area contributed by atoms with Crippen molar-refractivity contribution in [3.05, 3.63) is 23.3 Å². The molecule has 0 saturated carbocycles. The van der Waals surface area contributed by atoms with Crippen LogP contribution >= 0.6 is 0 Å². The van der Waals surface area contributed by atoms with Gasteiger partial charge in [0.05, 0.1) is 17.8 Å². The van der Waals surface area contributed by atoms with Crippen molar-refractivity contribution in [3.63, 3.8) is 0 Å². The van der Waals surface area contributed by atoms with Crippen LogP contribution in [0.15, 0.2) is 6.20 Å². The summed E-state index contributed by atoms with van der Waals surface area (Å²) in [6.07, 6.45) is 7.20. The highest BCUT2D eigenvalue weighted by Gasteiger charge is 2.34. The van der Waals surface area contributed by atoms with Crippen LogP contribution in [0.3, 0.4) is 0 Å². The minimum absolute atomic E-state index is 0.0410. The van der Waals surface area contributed by atoms with Crippen molar-refractivity contribution >= 4 is 11.8 Å². The Morgan fingerprint density at radius 3 is 2.46 bits per heavy atom. The highest BCUT2D eigenvalue weighted by molar-refractivity contribution is 5.95. The third-order valence-electron chi connectivity index (χ3n) is 6.20. The van der Waals surface area contributed by atoms with Crippen molar-refractivity contribution in [1.29, 1.82) is 0 Å². The van der Waals surface area contributed by atoms with E-state index in [1.54, 1.807) is 11.1 Å². The van der Waals surface area contributed by atoms with Crippen molar-refractivity contribution in [2.75, 3.05) is 40.3 Å². The summed E-state index contributed by atoms with van der Waals surface area (Å²) in [5, 5.41) is 0. The zero-order chi connectivity index (χ0) is 20.3. The third-order valence-corrected chi connectivity index (χ3v) is 6.20. The smallest absolute Gasteiger partial charge is 0.257 e. The first-order valence-corrected chi connectivity index (χ1v) is 10.4. The molecule has 0 spiro atoms. The molecule has 2 fully saturated rings. The van der Waals surface area contributed by atoms with E-state index in [1.807, 2.05) is 32.8 Å². The number of amides is 2. The Bertz CT molecular complexity index is 713. The monoisotopic (exact) mass is 387 g/mol. The lowest BCUT2D eigenvalue weighted by Gasteiger charge is -2.43. The third kappa shape index (κ3) is 4.69. The van der Waals surface area contributed by atoms with Crippen LogP contribution in [-0.4, -0.2) is 82.8 Å². The van der Waals surface area contributed by atoms with Crippen LogP contribution < -0.4 is 0 Å². The summed E-state index contributed by atoms with van der Waals surface area (Å²) in [5.74, 6) is 1.46. The van der Waals surface area contributed by atoms with E-state index in [4.69, 9.17) is 0 Å². The summed E-state index contributed by atoms with van der Waals surface area (Å²) in [7, 11) is 3.64. The molecular weight excluding hydrogens is 354 g/mol. The van der Waals surface area contributed by atoms with Gasteiger partial charge in [0.25, 0.3) is 5.91 Å². The Morgan fingerprint density at radius 1 is 1.11 bits per heavy atom. The number of aromatic nitrogens is 2. The van der Waals surface area contributed by atoms with Gasteiger partial charge in [-0.05, 0) is 52.0 Å². The fourth-order valence-corrected chi connectivity index (χ4v) is 4.51. The molecule has 3 heterocycles. The van der Waals surface area contributed by atoms with Crippen LogP contribution in [0.25, 0.3) is 0 Å². The number of hydrogen-bond acceptors (Lipinski definition) is 5. The Morgan fingerprint density at radius 2 is 1.82 bits per heavy atom. The molecule has 7 heteroatoms. The number of carbonyl (C=O) groups is 2. The zero-order valence-electron chi connectivity index (χ0n) is 17.6. The summed E-state index contributed by atoms with van der Waals surface area (Å²) in [6, 6.07) is 0.458. The van der Waals surface area contributed by atoms with Crippen molar-refractivity contribution in [2.45, 2.75) is 52.0 Å². The molecule has 1 unspecified atom stereocenters. The minimum atomic E-state index is 0.0410. The van der Waals surface area contributed by atoms with Gasteiger partial charge in [0, 0.05) is 39.4 Å². The van der Waals surface area contributed by atoms with Gasteiger partial charge in [-0.3, -0.25) is 14.5 Å². The molecule has 0 bridgehead atoms. The Balaban J connectivity index is 1.60. The lowest BCUT2D eigenvalue weighted by atomic mass is 9.83. The normalized spacial score (nSPS) is 21.6. The fraction of sp³-hybridized carbons (Fsp3) is 0.714.